The molecule has 0 saturated carbocycles. The summed E-state index contributed by atoms with van der Waals surface area (Å²) in [6.45, 7) is 8.61. The quantitative estimate of drug-likeness (QED) is 0.431. The van der Waals surface area contributed by atoms with Crippen LogP contribution in [0.15, 0.2) is 65.3 Å². The first-order valence-corrected chi connectivity index (χ1v) is 13.5. The fourth-order valence-corrected chi connectivity index (χ4v) is 4.33. The summed E-state index contributed by atoms with van der Waals surface area (Å²) in [6, 6.07) is 11.3. The lowest BCUT2D eigenvalue weighted by Crippen LogP contribution is -2.34. The first-order valence-electron chi connectivity index (χ1n) is 12.7. The Morgan fingerprint density at radius 2 is 1.89 bits per heavy atom. The van der Waals surface area contributed by atoms with Gasteiger partial charge in [-0.05, 0) is 71.0 Å². The second kappa shape index (κ2) is 14.1. The lowest BCUT2D eigenvalue weighted by Gasteiger charge is -2.25. The second-order valence-electron chi connectivity index (χ2n) is 9.91. The molecule has 3 heterocycles. The first kappa shape index (κ1) is 29.4. The van der Waals surface area contributed by atoms with E-state index in [-0.39, 0.29) is 12.1 Å². The molecule has 38 heavy (non-hydrogen) atoms. The maximum absolute atomic E-state index is 11.6. The number of amides is 1. The zero-order valence-corrected chi connectivity index (χ0v) is 24.0. The van der Waals surface area contributed by atoms with Crippen LogP contribution in [0.5, 0.6) is 5.88 Å². The zero-order valence-electron chi connectivity index (χ0n) is 22.4. The van der Waals surface area contributed by atoms with Gasteiger partial charge >= 0.3 is 12.1 Å². The number of carbonyl (C=O) groups excluding carboxylic acids is 2. The Balaban J connectivity index is 0.000000260. The van der Waals surface area contributed by atoms with Gasteiger partial charge in [0.15, 0.2) is 0 Å². The SMILES string of the molecule is CC(C)(C)OC(=O)N1C=CC=CC1.COC(=O)c1ccc(COc2cccc(C3CCNCC3)n2)c(Br)c1. The standard InChI is InChI=1S/C19H21BrN2O3.C10H15NO2/c1-24-19(23)14-5-6-15(16(20)11-14)12-25-18-4-2-3-17(22-18)13-7-9-21-10-8-13;1-10(2,3)13-9(12)11-7-5-4-6-8-11/h2-6,11,13,21H,7-10,12H2,1H3;4-7H,8H2,1-3H3. The molecule has 1 N–H and O–H groups in total. The summed E-state index contributed by atoms with van der Waals surface area (Å²) in [7, 11) is 1.37. The van der Waals surface area contributed by atoms with Crippen LogP contribution >= 0.6 is 15.9 Å². The maximum Gasteiger partial charge on any atom is 0.414 e. The van der Waals surface area contributed by atoms with Crippen molar-refractivity contribution in [3.05, 3.63) is 82.1 Å². The second-order valence-corrected chi connectivity index (χ2v) is 10.8. The van der Waals surface area contributed by atoms with Crippen LogP contribution in [-0.4, -0.2) is 54.3 Å². The van der Waals surface area contributed by atoms with Crippen molar-refractivity contribution in [2.45, 2.75) is 51.7 Å². The van der Waals surface area contributed by atoms with E-state index < -0.39 is 5.60 Å². The molecule has 4 rings (SSSR count). The molecular formula is C29H36BrN3O5. The number of methoxy groups -OCH3 is 1. The minimum atomic E-state index is -0.425. The number of nitrogens with zero attached hydrogens (tertiary/aromatic N) is 2. The normalized spacial score (nSPS) is 15.3. The third-order valence-electron chi connectivity index (χ3n) is 5.80. The lowest BCUT2D eigenvalue weighted by atomic mass is 9.94. The van der Waals surface area contributed by atoms with E-state index in [1.165, 1.54) is 12.0 Å². The largest absolute Gasteiger partial charge is 0.473 e. The van der Waals surface area contributed by atoms with Crippen LogP contribution in [0, 0.1) is 0 Å². The molecule has 1 aromatic heterocycles. The third kappa shape index (κ3) is 9.29. The number of allylic oxidation sites excluding steroid dienone is 2. The Bertz CT molecular complexity index is 1150. The van der Waals surface area contributed by atoms with Crippen molar-refractivity contribution in [3.8, 4) is 5.88 Å². The van der Waals surface area contributed by atoms with E-state index >= 15 is 0 Å². The molecule has 0 atom stereocenters. The monoisotopic (exact) mass is 585 g/mol. The highest BCUT2D eigenvalue weighted by molar-refractivity contribution is 9.10. The van der Waals surface area contributed by atoms with Gasteiger partial charge in [-0.25, -0.2) is 14.6 Å². The molecule has 1 amide bonds. The number of pyridine rings is 1. The molecule has 1 aromatic carbocycles. The number of benzene rings is 1. The van der Waals surface area contributed by atoms with E-state index in [0.29, 0.717) is 30.5 Å². The molecule has 0 radical (unpaired) electrons. The summed E-state index contributed by atoms with van der Waals surface area (Å²) >= 11 is 3.48. The Kier molecular flexibility index (Phi) is 10.9. The van der Waals surface area contributed by atoms with Crippen molar-refractivity contribution in [1.29, 1.82) is 0 Å². The number of hydrogen-bond acceptors (Lipinski definition) is 7. The highest BCUT2D eigenvalue weighted by Crippen LogP contribution is 2.26. The van der Waals surface area contributed by atoms with Crippen LogP contribution in [0.25, 0.3) is 0 Å². The molecule has 0 unspecified atom stereocenters. The lowest BCUT2D eigenvalue weighted by molar-refractivity contribution is 0.0350. The van der Waals surface area contributed by atoms with E-state index in [1.54, 1.807) is 18.3 Å². The van der Waals surface area contributed by atoms with Crippen LogP contribution in [0.1, 0.15) is 61.1 Å². The Hall–Kier alpha value is -3.17. The number of ether oxygens (including phenoxy) is 3. The molecule has 1 saturated heterocycles. The summed E-state index contributed by atoms with van der Waals surface area (Å²) in [4.78, 5) is 29.2. The average molecular weight is 587 g/mol. The molecule has 0 bridgehead atoms. The Morgan fingerprint density at radius 1 is 1.13 bits per heavy atom. The van der Waals surface area contributed by atoms with E-state index in [1.807, 2.05) is 57.2 Å². The summed E-state index contributed by atoms with van der Waals surface area (Å²) in [5, 5.41) is 3.37. The number of carbonyl (C=O) groups is 2. The van der Waals surface area contributed by atoms with Gasteiger partial charge in [-0.15, -0.1) is 0 Å². The number of rotatable bonds is 5. The van der Waals surface area contributed by atoms with Crippen LogP contribution in [0.4, 0.5) is 4.79 Å². The van der Waals surface area contributed by atoms with Gasteiger partial charge in [-0.2, -0.15) is 0 Å². The minimum absolute atomic E-state index is 0.298. The van der Waals surface area contributed by atoms with E-state index in [2.05, 4.69) is 32.3 Å². The van der Waals surface area contributed by atoms with Gasteiger partial charge in [0, 0.05) is 40.5 Å². The van der Waals surface area contributed by atoms with Crippen LogP contribution in [0.3, 0.4) is 0 Å². The minimum Gasteiger partial charge on any atom is -0.473 e. The fourth-order valence-electron chi connectivity index (χ4n) is 3.84. The van der Waals surface area contributed by atoms with Crippen molar-refractivity contribution >= 4 is 28.0 Å². The van der Waals surface area contributed by atoms with Gasteiger partial charge in [0.05, 0.1) is 12.7 Å². The highest BCUT2D eigenvalue weighted by Gasteiger charge is 2.20. The van der Waals surface area contributed by atoms with Crippen molar-refractivity contribution < 1.29 is 23.8 Å². The number of aromatic nitrogens is 1. The molecule has 8 nitrogen and oxygen atoms in total. The molecule has 2 aromatic rings. The van der Waals surface area contributed by atoms with E-state index in [9.17, 15) is 9.59 Å². The molecule has 2 aliphatic rings. The average Bonchev–Trinajstić information content (AvgIpc) is 2.92. The molecular weight excluding hydrogens is 550 g/mol. The van der Waals surface area contributed by atoms with Crippen LogP contribution in [0.2, 0.25) is 0 Å². The summed E-state index contributed by atoms with van der Waals surface area (Å²) < 4.78 is 16.6. The Labute approximate surface area is 233 Å². The third-order valence-corrected chi connectivity index (χ3v) is 6.53. The smallest absolute Gasteiger partial charge is 0.414 e. The van der Waals surface area contributed by atoms with Crippen molar-refractivity contribution in [3.63, 3.8) is 0 Å². The maximum atomic E-state index is 11.6. The molecule has 0 spiro atoms. The van der Waals surface area contributed by atoms with Crippen molar-refractivity contribution in [2.24, 2.45) is 0 Å². The van der Waals surface area contributed by atoms with Crippen molar-refractivity contribution in [2.75, 3.05) is 26.7 Å². The van der Waals surface area contributed by atoms with Gasteiger partial charge in [0.25, 0.3) is 0 Å². The predicted octanol–water partition coefficient (Wildman–Crippen LogP) is 5.98. The van der Waals surface area contributed by atoms with Gasteiger partial charge < -0.3 is 19.5 Å². The van der Waals surface area contributed by atoms with Gasteiger partial charge in [0.2, 0.25) is 5.88 Å². The summed E-state index contributed by atoms with van der Waals surface area (Å²) in [5.41, 5.74) is 2.12. The molecule has 2 aliphatic heterocycles. The van der Waals surface area contributed by atoms with Gasteiger partial charge in [-0.3, -0.25) is 4.90 Å². The van der Waals surface area contributed by atoms with Gasteiger partial charge in [-0.1, -0.05) is 40.2 Å². The molecule has 1 fully saturated rings. The summed E-state index contributed by atoms with van der Waals surface area (Å²) in [5.74, 6) is 0.764. The number of piperidine rings is 1. The predicted molar refractivity (Wildman–Crippen MR) is 150 cm³/mol. The fraction of sp³-hybridized carbons (Fsp3) is 0.414. The van der Waals surface area contributed by atoms with E-state index in [0.717, 1.165) is 41.7 Å². The van der Waals surface area contributed by atoms with E-state index in [4.69, 9.17) is 14.2 Å². The molecule has 0 aliphatic carbocycles. The summed E-state index contributed by atoms with van der Waals surface area (Å²) in [6.07, 6.45) is 9.26. The highest BCUT2D eigenvalue weighted by atomic mass is 79.9. The first-order chi connectivity index (χ1) is 18.2. The number of nitrogens with one attached hydrogen (secondary N) is 1. The number of halogens is 1. The Morgan fingerprint density at radius 3 is 2.53 bits per heavy atom. The molecule has 204 valence electrons. The number of hydrogen-bond donors (Lipinski definition) is 1. The topological polar surface area (TPSA) is 90.0 Å². The van der Waals surface area contributed by atoms with Crippen LogP contribution in [-0.2, 0) is 16.1 Å². The van der Waals surface area contributed by atoms with Crippen molar-refractivity contribution in [1.82, 2.24) is 15.2 Å². The number of esters is 1. The molecule has 9 heteroatoms. The van der Waals surface area contributed by atoms with Gasteiger partial charge in [0.1, 0.15) is 12.2 Å². The zero-order chi connectivity index (χ0) is 27.5. The van der Waals surface area contributed by atoms with Crippen LogP contribution < -0.4 is 10.1 Å².